The Morgan fingerprint density at radius 1 is 1.11 bits per heavy atom. The molecule has 0 saturated heterocycles. The maximum Gasteiger partial charge on any atom is 0.253 e. The quantitative estimate of drug-likeness (QED) is 0.869. The van der Waals surface area contributed by atoms with Gasteiger partial charge in [0, 0.05) is 17.8 Å². The molecule has 1 amide bonds. The van der Waals surface area contributed by atoms with Crippen molar-refractivity contribution in [1.29, 1.82) is 0 Å². The van der Waals surface area contributed by atoms with E-state index in [2.05, 4.69) is 45.3 Å². The second-order valence-corrected chi connectivity index (χ2v) is 6.41. The monoisotopic (exact) mass is 262 g/mol. The van der Waals surface area contributed by atoms with Gasteiger partial charge in [-0.05, 0) is 38.3 Å². The Hall–Kier alpha value is -1.51. The van der Waals surface area contributed by atoms with E-state index in [4.69, 9.17) is 0 Å². The maximum atomic E-state index is 12.4. The van der Waals surface area contributed by atoms with Crippen LogP contribution in [0.4, 0.5) is 5.69 Å². The van der Waals surface area contributed by atoms with E-state index >= 15 is 0 Å². The average Bonchev–Trinajstić information content (AvgIpc) is 2.27. The summed E-state index contributed by atoms with van der Waals surface area (Å²) in [6, 6.07) is 8.05. The Balaban J connectivity index is 2.88. The fourth-order valence-electron chi connectivity index (χ4n) is 1.61. The highest BCUT2D eigenvalue weighted by Gasteiger charge is 2.23. The van der Waals surface area contributed by atoms with Crippen LogP contribution in [-0.2, 0) is 0 Å². The van der Waals surface area contributed by atoms with Crippen molar-refractivity contribution in [3.63, 3.8) is 0 Å². The second kappa shape index (κ2) is 6.09. The Morgan fingerprint density at radius 3 is 2.21 bits per heavy atom. The molecule has 0 aliphatic carbocycles. The van der Waals surface area contributed by atoms with Gasteiger partial charge in [0.25, 0.3) is 5.91 Å². The fraction of sp³-hybridized carbons (Fsp3) is 0.562. The smallest absolute Gasteiger partial charge is 0.253 e. The molecule has 0 aromatic heterocycles. The number of carbonyl (C=O) groups excluding carboxylic acids is 1. The van der Waals surface area contributed by atoms with Crippen molar-refractivity contribution in [2.24, 2.45) is 5.41 Å². The zero-order valence-electron chi connectivity index (χ0n) is 12.9. The Morgan fingerprint density at radius 2 is 1.68 bits per heavy atom. The summed E-state index contributed by atoms with van der Waals surface area (Å²) in [6.45, 7) is 12.5. The minimum Gasteiger partial charge on any atom is -0.382 e. The molecule has 2 N–H and O–H groups in total. The van der Waals surface area contributed by atoms with Crippen LogP contribution < -0.4 is 10.6 Å². The van der Waals surface area contributed by atoms with Gasteiger partial charge < -0.3 is 10.6 Å². The van der Waals surface area contributed by atoms with Gasteiger partial charge in [0.2, 0.25) is 0 Å². The van der Waals surface area contributed by atoms with E-state index in [1.807, 2.05) is 31.2 Å². The minimum absolute atomic E-state index is 0.0221. The molecule has 1 rings (SSSR count). The van der Waals surface area contributed by atoms with Crippen molar-refractivity contribution in [2.45, 2.75) is 53.6 Å². The van der Waals surface area contributed by atoms with E-state index in [1.165, 1.54) is 0 Å². The van der Waals surface area contributed by atoms with E-state index in [0.29, 0.717) is 11.6 Å². The number of hydrogen-bond donors (Lipinski definition) is 2. The molecule has 3 nitrogen and oxygen atoms in total. The molecule has 1 atom stereocenters. The highest BCUT2D eigenvalue weighted by molar-refractivity contribution is 5.99. The highest BCUT2D eigenvalue weighted by atomic mass is 16.1. The summed E-state index contributed by atoms with van der Waals surface area (Å²) in [6.07, 6.45) is 0. The molecule has 1 unspecified atom stereocenters. The van der Waals surface area contributed by atoms with Crippen molar-refractivity contribution in [3.05, 3.63) is 29.8 Å². The number of para-hydroxylation sites is 1. The van der Waals surface area contributed by atoms with E-state index in [-0.39, 0.29) is 17.4 Å². The number of nitrogens with one attached hydrogen (secondary N) is 2. The lowest BCUT2D eigenvalue weighted by atomic mass is 9.88. The van der Waals surface area contributed by atoms with Gasteiger partial charge >= 0.3 is 0 Å². The topological polar surface area (TPSA) is 41.1 Å². The second-order valence-electron chi connectivity index (χ2n) is 6.41. The van der Waals surface area contributed by atoms with Gasteiger partial charge in [-0.15, -0.1) is 0 Å². The maximum absolute atomic E-state index is 12.4. The van der Waals surface area contributed by atoms with Gasteiger partial charge in [-0.3, -0.25) is 4.79 Å². The lowest BCUT2D eigenvalue weighted by Crippen LogP contribution is -2.41. The number of benzene rings is 1. The number of carbonyl (C=O) groups is 1. The van der Waals surface area contributed by atoms with E-state index in [0.717, 1.165) is 5.69 Å². The van der Waals surface area contributed by atoms with Crippen molar-refractivity contribution >= 4 is 11.6 Å². The summed E-state index contributed by atoms with van der Waals surface area (Å²) < 4.78 is 0. The van der Waals surface area contributed by atoms with Crippen LogP contribution in [0.3, 0.4) is 0 Å². The van der Waals surface area contributed by atoms with Gasteiger partial charge in [-0.25, -0.2) is 0 Å². The van der Waals surface area contributed by atoms with Crippen molar-refractivity contribution in [1.82, 2.24) is 5.32 Å². The molecule has 0 spiro atoms. The van der Waals surface area contributed by atoms with Crippen molar-refractivity contribution in [2.75, 3.05) is 5.32 Å². The Labute approximate surface area is 116 Å². The highest BCUT2D eigenvalue weighted by Crippen LogP contribution is 2.21. The van der Waals surface area contributed by atoms with Crippen molar-refractivity contribution in [3.8, 4) is 0 Å². The molecule has 0 saturated carbocycles. The van der Waals surface area contributed by atoms with E-state index in [1.54, 1.807) is 0 Å². The van der Waals surface area contributed by atoms with Crippen LogP contribution in [0.5, 0.6) is 0 Å². The van der Waals surface area contributed by atoms with Gasteiger partial charge in [-0.2, -0.15) is 0 Å². The molecular weight excluding hydrogens is 236 g/mol. The minimum atomic E-state index is -0.0221. The predicted molar refractivity (Wildman–Crippen MR) is 81.6 cm³/mol. The molecule has 0 heterocycles. The van der Waals surface area contributed by atoms with Crippen LogP contribution in [-0.4, -0.2) is 18.0 Å². The lowest BCUT2D eigenvalue weighted by molar-refractivity contribution is 0.0911. The molecule has 0 radical (unpaired) electrons. The van der Waals surface area contributed by atoms with Crippen LogP contribution in [0.15, 0.2) is 24.3 Å². The van der Waals surface area contributed by atoms with Crippen LogP contribution >= 0.6 is 0 Å². The molecule has 106 valence electrons. The van der Waals surface area contributed by atoms with Crippen LogP contribution in [0, 0.1) is 5.41 Å². The largest absolute Gasteiger partial charge is 0.382 e. The van der Waals surface area contributed by atoms with Gasteiger partial charge in [0.05, 0.1) is 5.56 Å². The normalized spacial score (nSPS) is 13.2. The Kier molecular flexibility index (Phi) is 4.98. The van der Waals surface area contributed by atoms with E-state index < -0.39 is 0 Å². The zero-order chi connectivity index (χ0) is 14.6. The summed E-state index contributed by atoms with van der Waals surface area (Å²) >= 11 is 0. The molecule has 1 aromatic carbocycles. The fourth-order valence-corrected chi connectivity index (χ4v) is 1.61. The summed E-state index contributed by atoms with van der Waals surface area (Å²) in [5.41, 5.74) is 1.64. The zero-order valence-corrected chi connectivity index (χ0v) is 12.9. The van der Waals surface area contributed by atoms with Gasteiger partial charge in [0.1, 0.15) is 0 Å². The number of hydrogen-bond acceptors (Lipinski definition) is 2. The van der Waals surface area contributed by atoms with Gasteiger partial charge in [0.15, 0.2) is 0 Å². The standard InChI is InChI=1S/C16H26N2O/c1-11(2)17-14-10-8-7-9-13(14)15(19)18-12(3)16(4,5)6/h7-12,17H,1-6H3,(H,18,19). The number of rotatable bonds is 4. The number of anilines is 1. The summed E-state index contributed by atoms with van der Waals surface area (Å²) in [5, 5.41) is 6.38. The first-order valence-corrected chi connectivity index (χ1v) is 6.88. The molecule has 1 aromatic rings. The molecule has 0 bridgehead atoms. The van der Waals surface area contributed by atoms with Crippen LogP contribution in [0.1, 0.15) is 51.9 Å². The van der Waals surface area contributed by atoms with Gasteiger partial charge in [-0.1, -0.05) is 32.9 Å². The van der Waals surface area contributed by atoms with E-state index in [9.17, 15) is 4.79 Å². The third-order valence-electron chi connectivity index (χ3n) is 3.26. The van der Waals surface area contributed by atoms with Crippen LogP contribution in [0.25, 0.3) is 0 Å². The first-order chi connectivity index (χ1) is 8.71. The molecule has 3 heteroatoms. The SMILES string of the molecule is CC(C)Nc1ccccc1C(=O)NC(C)C(C)(C)C. The number of amides is 1. The summed E-state index contributed by atoms with van der Waals surface area (Å²) in [5.74, 6) is -0.0221. The molecular formula is C16H26N2O. The van der Waals surface area contributed by atoms with Crippen molar-refractivity contribution < 1.29 is 4.79 Å². The third-order valence-corrected chi connectivity index (χ3v) is 3.26. The third kappa shape index (κ3) is 4.58. The predicted octanol–water partition coefficient (Wildman–Crippen LogP) is 3.67. The molecule has 19 heavy (non-hydrogen) atoms. The molecule has 0 fully saturated rings. The average molecular weight is 262 g/mol. The summed E-state index contributed by atoms with van der Waals surface area (Å²) in [4.78, 5) is 12.4. The molecule has 0 aliphatic heterocycles. The first kappa shape index (κ1) is 15.5. The van der Waals surface area contributed by atoms with Crippen LogP contribution in [0.2, 0.25) is 0 Å². The lowest BCUT2D eigenvalue weighted by Gasteiger charge is -2.28. The molecule has 0 aliphatic rings. The summed E-state index contributed by atoms with van der Waals surface area (Å²) in [7, 11) is 0. The Bertz CT molecular complexity index is 433. The first-order valence-electron chi connectivity index (χ1n) is 6.88.